The van der Waals surface area contributed by atoms with Crippen LogP contribution < -0.4 is 31.4 Å². The maximum Gasteiger partial charge on any atom is 0.534 e. The molecule has 0 spiro atoms. The number of alkyl halides is 6. The van der Waals surface area contributed by atoms with Crippen LogP contribution in [0.4, 0.5) is 30.7 Å². The zero-order chi connectivity index (χ0) is 85.1. The Morgan fingerprint density at radius 3 is 1.15 bits per heavy atom. The van der Waals surface area contributed by atoms with Gasteiger partial charge in [-0.05, 0) is 146 Å². The number of pyridine rings is 6. The van der Waals surface area contributed by atoms with Gasteiger partial charge in [0.1, 0.15) is 22.5 Å². The Morgan fingerprint density at radius 2 is 0.843 bits per heavy atom. The standard InChI is InChI=1S/C24H24FN5O3S.C23H19F4N5O6S2.C22H20FN5O4S.CH2Cl2.CH3F.CH5N.CH4/c1-4-17-10-15(11-23(28-17)34(3,32)33)21(5-2)29-24(31)20-12-26-14-22-19(20)13-27-30(22)18-8-6-16(25)7-9-18;1-3-18(13-8-20(31-21(9-13)39(2,34)35)38-40(36,37)23(25,26)27)30-22(33)17-10-28-12-19-16(17)11-29-32(19)15-6-4-14(24)5-7-15;1-3-18(13-8-20(29)27-21(9-13)33(2,31)32)26-22(30)17-10-24-12-19-16(17)11-25-28(19)15-6-4-14(23)5-7-15;2-1-3;2*1-2;/h6-14,21H,4-5H2,1-3H3,(H,29,31);4-12,18H,3H2,1-2H3,(H,30,33);4-12,18H,3H2,1-2H3,(H,26,30)(H,27,29);1H2;1H3;2H2,1H3;1H4/t21-;2*18-;;;;/m000..../s1/i;;;;1D;;. The van der Waals surface area contributed by atoms with Crippen LogP contribution in [0.2, 0.25) is 0 Å². The molecule has 0 saturated heterocycles. The number of carbonyl (C=O) groups excluding carboxylic acids is 3. The van der Waals surface area contributed by atoms with Crippen molar-refractivity contribution in [1.82, 2.24) is 75.2 Å². The molecule has 0 fully saturated rings. The number of aromatic amines is 1. The van der Waals surface area contributed by atoms with Gasteiger partial charge in [-0.25, -0.2) is 62.4 Å². The summed E-state index contributed by atoms with van der Waals surface area (Å²) in [5, 5.41) is 22.0. The van der Waals surface area contributed by atoms with Gasteiger partial charge in [-0.15, -0.1) is 23.2 Å². The third-order valence-electron chi connectivity index (χ3n) is 16.3. The number of halogens is 9. The lowest BCUT2D eigenvalue weighted by Gasteiger charge is -2.19. The van der Waals surface area contributed by atoms with Crippen molar-refractivity contribution < 1.29 is 84.3 Å². The highest BCUT2D eigenvalue weighted by atomic mass is 35.5. The van der Waals surface area contributed by atoms with Crippen LogP contribution in [0.3, 0.4) is 0 Å². The first-order chi connectivity index (χ1) is 54.3. The van der Waals surface area contributed by atoms with E-state index in [-0.39, 0.29) is 63.5 Å². The van der Waals surface area contributed by atoms with E-state index in [2.05, 4.69) is 71.1 Å². The Hall–Kier alpha value is -11.2. The van der Waals surface area contributed by atoms with Gasteiger partial charge in [-0.2, -0.15) is 36.9 Å². The third kappa shape index (κ3) is 23.3. The van der Waals surface area contributed by atoms with Crippen LogP contribution in [0.5, 0.6) is 5.88 Å². The topological polar surface area (TPSA) is 410 Å². The first kappa shape index (κ1) is 91.0. The molecule has 9 heterocycles. The summed E-state index contributed by atoms with van der Waals surface area (Å²) in [7, 11) is -16.9. The Balaban J connectivity index is 0.000000258. The minimum absolute atomic E-state index is 0. The van der Waals surface area contributed by atoms with Gasteiger partial charge in [0.15, 0.2) is 39.6 Å². The van der Waals surface area contributed by atoms with E-state index in [9.17, 15) is 83.6 Å². The molecule has 3 aromatic carbocycles. The van der Waals surface area contributed by atoms with Crippen LogP contribution in [-0.4, -0.2) is 154 Å². The van der Waals surface area contributed by atoms with Gasteiger partial charge >= 0.3 is 15.6 Å². The predicted octanol–water partition coefficient (Wildman–Crippen LogP) is 12.0. The fourth-order valence-electron chi connectivity index (χ4n) is 10.9. The van der Waals surface area contributed by atoms with Crippen molar-refractivity contribution in [2.75, 3.05) is 38.3 Å². The number of aromatic nitrogens is 12. The number of fused-ring (bicyclic) bond motifs is 3. The molecule has 0 unspecified atom stereocenters. The first-order valence-corrected chi connectivity index (χ1v) is 41.6. The number of amides is 3. The van der Waals surface area contributed by atoms with E-state index >= 15 is 0 Å². The number of carbonyl (C=O) groups is 3. The lowest BCUT2D eigenvalue weighted by molar-refractivity contribution is -0.0501. The second-order valence-electron chi connectivity index (χ2n) is 24.0. The molecule has 0 radical (unpaired) electrons. The number of H-pyrrole nitrogens is 1. The summed E-state index contributed by atoms with van der Waals surface area (Å²) in [6.45, 7) is 7.19. The summed E-state index contributed by atoms with van der Waals surface area (Å²) < 4.78 is 198. The number of hydrogen-bond donors (Lipinski definition) is 5. The SMILES string of the molecule is C.CC[C@H](NC(=O)c1cncc2c1cnn2-c1ccc(F)cc1)c1cc(OS(=O)(=O)C(F)(F)F)nc(S(C)(=O)=O)c1.CC[C@H](NC(=O)c1cncc2c1cnn2-c1ccc(F)cc1)c1cc(S(C)(=O)=O)[nH]c(=O)c1.CCc1cc([C@H](CC)NC(=O)c2cncc3c2cnn3-c2ccc(F)cc2)cc(S(C)(=O)=O)n1.CN.ClCCl.[2H]CF. The molecule has 115 heavy (non-hydrogen) atoms. The van der Waals surface area contributed by atoms with E-state index in [4.69, 9.17) is 24.6 Å². The molecule has 0 saturated carbocycles. The summed E-state index contributed by atoms with van der Waals surface area (Å²) in [4.78, 5) is 73.9. The van der Waals surface area contributed by atoms with Crippen LogP contribution in [0.1, 0.15) is 127 Å². The fraction of sp³-hybridized carbons (Fsp3) is 0.260. The van der Waals surface area contributed by atoms with Crippen molar-refractivity contribution in [3.05, 3.63) is 232 Å². The number of sulfone groups is 3. The second kappa shape index (κ2) is 40.2. The monoisotopic (exact) mass is 1720 g/mol. The van der Waals surface area contributed by atoms with Crippen molar-refractivity contribution in [3.8, 4) is 22.9 Å². The van der Waals surface area contributed by atoms with Gasteiger partial charge in [0, 0.05) is 71.3 Å². The Morgan fingerprint density at radius 1 is 0.522 bits per heavy atom. The average molecular weight is 1720 g/mol. The molecule has 29 nitrogen and oxygen atoms in total. The Labute approximate surface area is 667 Å². The number of nitrogens with zero attached hydrogens (tertiary/aromatic N) is 11. The van der Waals surface area contributed by atoms with E-state index in [1.165, 1.54) is 116 Å². The number of rotatable bonds is 21. The summed E-state index contributed by atoms with van der Waals surface area (Å²) in [6, 6.07) is 22.7. The van der Waals surface area contributed by atoms with Crippen molar-refractivity contribution >= 4 is 113 Å². The fourth-order valence-corrected chi connectivity index (χ4v) is 13.2. The van der Waals surface area contributed by atoms with Gasteiger partial charge in [-0.3, -0.25) is 38.5 Å². The molecule has 3 amide bonds. The number of aryl methyl sites for hydroxylation is 1. The van der Waals surface area contributed by atoms with Gasteiger partial charge in [0.25, 0.3) is 17.7 Å². The van der Waals surface area contributed by atoms with Crippen LogP contribution in [0.15, 0.2) is 185 Å². The van der Waals surface area contributed by atoms with E-state index in [0.717, 1.165) is 24.6 Å². The van der Waals surface area contributed by atoms with Crippen molar-refractivity contribution in [2.45, 2.75) is 99.5 Å². The van der Waals surface area contributed by atoms with Gasteiger partial charge < -0.3 is 30.9 Å². The quantitative estimate of drug-likeness (QED) is 0.0193. The summed E-state index contributed by atoms with van der Waals surface area (Å²) in [5.41, 5.74) is 3.66. The molecule has 0 aliphatic rings. The normalized spacial score (nSPS) is 12.3. The molecule has 614 valence electrons. The molecule has 0 bridgehead atoms. The van der Waals surface area contributed by atoms with Crippen LogP contribution >= 0.6 is 23.2 Å². The zero-order valence-corrected chi connectivity index (χ0v) is 66.2. The lowest BCUT2D eigenvalue weighted by atomic mass is 10.0. The molecular weight excluding hydrogens is 1640 g/mol. The summed E-state index contributed by atoms with van der Waals surface area (Å²) in [5.74, 6) is -3.86. The van der Waals surface area contributed by atoms with E-state index in [0.29, 0.717) is 97.7 Å². The highest BCUT2D eigenvalue weighted by Crippen LogP contribution is 2.32. The molecule has 0 aliphatic heterocycles. The van der Waals surface area contributed by atoms with Crippen LogP contribution in [0, 0.1) is 17.5 Å². The molecule has 12 aromatic rings. The largest absolute Gasteiger partial charge is 0.534 e. The number of hydrogen-bond acceptors (Lipinski definition) is 22. The van der Waals surface area contributed by atoms with E-state index in [1.807, 2.05) is 19.9 Å². The summed E-state index contributed by atoms with van der Waals surface area (Å²) in [6.07, 6.45) is 17.6. The molecule has 12 rings (SSSR count). The number of nitrogens with two attached hydrogens (primary N) is 1. The minimum Gasteiger partial charge on any atom is -0.355 e. The van der Waals surface area contributed by atoms with Crippen LogP contribution in [-0.2, 0) is 46.1 Å². The maximum absolute atomic E-state index is 13.3. The Bertz CT molecular complexity index is 6000. The second-order valence-corrected chi connectivity index (χ2v) is 32.2. The molecular formula is C73H77Cl2F7N16O13S4. The van der Waals surface area contributed by atoms with E-state index in [1.54, 1.807) is 66.1 Å². The minimum atomic E-state index is -6.16. The maximum atomic E-state index is 13.3. The van der Waals surface area contributed by atoms with Crippen molar-refractivity contribution in [1.29, 1.82) is 0 Å². The number of benzene rings is 3. The molecule has 3 atom stereocenters. The highest BCUT2D eigenvalue weighted by Gasteiger charge is 2.49. The van der Waals surface area contributed by atoms with Crippen LogP contribution in [0.25, 0.3) is 49.8 Å². The molecule has 6 N–H and O–H groups in total. The van der Waals surface area contributed by atoms with Crippen molar-refractivity contribution in [2.24, 2.45) is 5.73 Å². The van der Waals surface area contributed by atoms with Crippen molar-refractivity contribution in [3.63, 3.8) is 0 Å². The Kier molecular flexibility index (Phi) is 31.8. The molecule has 42 heteroatoms. The zero-order valence-electron chi connectivity index (χ0n) is 62.4. The van der Waals surface area contributed by atoms with E-state index < -0.39 is 105 Å². The predicted molar refractivity (Wildman–Crippen MR) is 418 cm³/mol. The highest BCUT2D eigenvalue weighted by molar-refractivity contribution is 7.91. The smallest absolute Gasteiger partial charge is 0.355 e. The lowest BCUT2D eigenvalue weighted by Crippen LogP contribution is -2.30. The first-order valence-electron chi connectivity index (χ1n) is 34.1. The van der Waals surface area contributed by atoms with Gasteiger partial charge in [0.2, 0.25) is 11.4 Å². The van der Waals surface area contributed by atoms with Gasteiger partial charge in [0.05, 0.1) is 119 Å². The number of nitrogens with one attached hydrogen (secondary N) is 4. The third-order valence-corrected chi connectivity index (χ3v) is 20.2. The molecule has 9 aromatic heterocycles. The summed E-state index contributed by atoms with van der Waals surface area (Å²) >= 11 is 9.53. The van der Waals surface area contributed by atoms with Gasteiger partial charge in [-0.1, -0.05) is 35.1 Å². The average Bonchev–Trinajstić information content (AvgIpc) is 1.55. The molecule has 0 aliphatic carbocycles.